The minimum absolute atomic E-state index is 0.153. The summed E-state index contributed by atoms with van der Waals surface area (Å²) in [5.41, 5.74) is 0. The Morgan fingerprint density at radius 3 is 2.05 bits per heavy atom. The first-order valence-electron chi connectivity index (χ1n) is 8.21. The van der Waals surface area contributed by atoms with Gasteiger partial charge in [0, 0.05) is 13.1 Å². The summed E-state index contributed by atoms with van der Waals surface area (Å²) < 4.78 is 28.4. The largest absolute Gasteiger partial charge is 0.376 e. The van der Waals surface area contributed by atoms with E-state index >= 15 is 0 Å². The first kappa shape index (κ1) is 17.5. The van der Waals surface area contributed by atoms with Gasteiger partial charge in [-0.15, -0.1) is 0 Å². The third-order valence-electron chi connectivity index (χ3n) is 4.57. The molecular formula is C15H28N2O4S. The van der Waals surface area contributed by atoms with Crippen molar-refractivity contribution in [3.05, 3.63) is 0 Å². The summed E-state index contributed by atoms with van der Waals surface area (Å²) in [4.78, 5) is 11.8. The van der Waals surface area contributed by atoms with E-state index in [1.807, 2.05) is 0 Å². The Kier molecular flexibility index (Phi) is 6.09. The van der Waals surface area contributed by atoms with Crippen molar-refractivity contribution in [1.82, 2.24) is 10.6 Å². The molecule has 0 aromatic carbocycles. The second kappa shape index (κ2) is 7.64. The van der Waals surface area contributed by atoms with Crippen molar-refractivity contribution in [2.45, 2.75) is 51.7 Å². The Bertz CT molecular complexity index is 456. The second-order valence-corrected chi connectivity index (χ2v) is 9.08. The quantitative estimate of drug-likeness (QED) is 0.813. The highest BCUT2D eigenvalue weighted by atomic mass is 32.2. The molecule has 2 aliphatic heterocycles. The molecule has 2 aliphatic rings. The molecule has 0 aliphatic carbocycles. The number of hydrogen-bond donors (Lipinski definition) is 2. The fourth-order valence-electron chi connectivity index (χ4n) is 3.39. The van der Waals surface area contributed by atoms with Crippen LogP contribution in [0, 0.1) is 11.8 Å². The molecule has 0 spiro atoms. The molecule has 0 bridgehead atoms. The summed E-state index contributed by atoms with van der Waals surface area (Å²) in [6.45, 7) is 5.37. The van der Waals surface area contributed by atoms with E-state index < -0.39 is 9.84 Å². The Hall–Kier alpha value is -0.820. The number of sulfone groups is 1. The monoisotopic (exact) mass is 332 g/mol. The van der Waals surface area contributed by atoms with Crippen LogP contribution in [0.25, 0.3) is 0 Å². The van der Waals surface area contributed by atoms with Crippen molar-refractivity contribution in [2.75, 3.05) is 24.6 Å². The highest BCUT2D eigenvalue weighted by Gasteiger charge is 2.25. The van der Waals surface area contributed by atoms with Gasteiger partial charge in [0.25, 0.3) is 0 Å². The number of urea groups is 1. The van der Waals surface area contributed by atoms with E-state index in [2.05, 4.69) is 24.5 Å². The van der Waals surface area contributed by atoms with Gasteiger partial charge in [-0.05, 0) is 51.4 Å². The first-order valence-corrected chi connectivity index (χ1v) is 10.0. The van der Waals surface area contributed by atoms with E-state index in [0.717, 1.165) is 12.8 Å². The molecule has 2 amide bonds. The SMILES string of the molecule is C[C@@H]1CC(CNC(=O)NCC2CCS(=O)(=O)CC2)C[C@@H](C)O1. The average Bonchev–Trinajstić information content (AvgIpc) is 2.43. The highest BCUT2D eigenvalue weighted by molar-refractivity contribution is 7.91. The lowest BCUT2D eigenvalue weighted by atomic mass is 9.92. The number of amides is 2. The lowest BCUT2D eigenvalue weighted by Crippen LogP contribution is -2.43. The number of carbonyl (C=O) groups is 1. The lowest BCUT2D eigenvalue weighted by molar-refractivity contribution is -0.0511. The Labute approximate surface area is 133 Å². The van der Waals surface area contributed by atoms with Gasteiger partial charge >= 0.3 is 6.03 Å². The van der Waals surface area contributed by atoms with E-state index in [1.54, 1.807) is 0 Å². The molecular weight excluding hydrogens is 304 g/mol. The van der Waals surface area contributed by atoms with Crippen LogP contribution in [0.2, 0.25) is 0 Å². The molecule has 22 heavy (non-hydrogen) atoms. The van der Waals surface area contributed by atoms with Gasteiger partial charge in [0.2, 0.25) is 0 Å². The molecule has 2 atom stereocenters. The number of rotatable bonds is 4. The maximum Gasteiger partial charge on any atom is 0.314 e. The average molecular weight is 332 g/mol. The molecule has 0 unspecified atom stereocenters. The zero-order chi connectivity index (χ0) is 16.2. The van der Waals surface area contributed by atoms with Gasteiger partial charge in [0.1, 0.15) is 9.84 Å². The predicted octanol–water partition coefficient (Wildman–Crippen LogP) is 1.31. The summed E-state index contributed by atoms with van der Waals surface area (Å²) >= 11 is 0. The van der Waals surface area contributed by atoms with Crippen LogP contribution in [0.1, 0.15) is 39.5 Å². The minimum atomic E-state index is -2.83. The van der Waals surface area contributed by atoms with Crippen LogP contribution >= 0.6 is 0 Å². The summed E-state index contributed by atoms with van der Waals surface area (Å²) in [6.07, 6.45) is 3.76. The van der Waals surface area contributed by atoms with E-state index in [4.69, 9.17) is 4.74 Å². The van der Waals surface area contributed by atoms with Crippen LogP contribution in [0.4, 0.5) is 4.79 Å². The molecule has 128 valence electrons. The van der Waals surface area contributed by atoms with Gasteiger partial charge in [-0.2, -0.15) is 0 Å². The molecule has 0 saturated carbocycles. The van der Waals surface area contributed by atoms with Crippen molar-refractivity contribution in [3.8, 4) is 0 Å². The maximum atomic E-state index is 11.8. The standard InChI is InChI=1S/C15H28N2O4S/c1-11-7-14(8-12(2)21-11)10-17-15(18)16-9-13-3-5-22(19,20)6-4-13/h11-14H,3-10H2,1-2H3,(H2,16,17,18)/t11-,12-/m1/s1. The molecule has 2 rings (SSSR count). The van der Waals surface area contributed by atoms with Gasteiger partial charge in [-0.3, -0.25) is 0 Å². The first-order chi connectivity index (χ1) is 10.3. The minimum Gasteiger partial charge on any atom is -0.376 e. The zero-order valence-electron chi connectivity index (χ0n) is 13.5. The molecule has 2 heterocycles. The van der Waals surface area contributed by atoms with Crippen molar-refractivity contribution in [3.63, 3.8) is 0 Å². The fraction of sp³-hybridized carbons (Fsp3) is 0.933. The van der Waals surface area contributed by atoms with E-state index in [1.165, 1.54) is 0 Å². The van der Waals surface area contributed by atoms with E-state index in [0.29, 0.717) is 31.8 Å². The van der Waals surface area contributed by atoms with Gasteiger partial charge < -0.3 is 15.4 Å². The molecule has 0 radical (unpaired) electrons. The number of carbonyl (C=O) groups excluding carboxylic acids is 1. The molecule has 0 aromatic heterocycles. The van der Waals surface area contributed by atoms with E-state index in [-0.39, 0.29) is 35.7 Å². The van der Waals surface area contributed by atoms with Crippen LogP contribution < -0.4 is 10.6 Å². The smallest absolute Gasteiger partial charge is 0.314 e. The van der Waals surface area contributed by atoms with E-state index in [9.17, 15) is 13.2 Å². The maximum absolute atomic E-state index is 11.8. The van der Waals surface area contributed by atoms with Crippen molar-refractivity contribution in [1.29, 1.82) is 0 Å². The van der Waals surface area contributed by atoms with Crippen molar-refractivity contribution < 1.29 is 17.9 Å². The van der Waals surface area contributed by atoms with Crippen molar-refractivity contribution in [2.24, 2.45) is 11.8 Å². The molecule has 2 saturated heterocycles. The number of nitrogens with one attached hydrogen (secondary N) is 2. The summed E-state index contributed by atoms with van der Waals surface area (Å²) in [5.74, 6) is 1.24. The van der Waals surface area contributed by atoms with Gasteiger partial charge in [-0.25, -0.2) is 13.2 Å². The Morgan fingerprint density at radius 1 is 1.00 bits per heavy atom. The lowest BCUT2D eigenvalue weighted by Gasteiger charge is -2.32. The summed E-state index contributed by atoms with van der Waals surface area (Å²) in [6, 6.07) is -0.153. The summed E-state index contributed by atoms with van der Waals surface area (Å²) in [7, 11) is -2.83. The Morgan fingerprint density at radius 2 is 1.50 bits per heavy atom. The molecule has 2 N–H and O–H groups in total. The van der Waals surface area contributed by atoms with Gasteiger partial charge in [-0.1, -0.05) is 0 Å². The van der Waals surface area contributed by atoms with Crippen LogP contribution in [-0.4, -0.2) is 51.3 Å². The molecule has 7 heteroatoms. The molecule has 2 fully saturated rings. The topological polar surface area (TPSA) is 84.5 Å². The van der Waals surface area contributed by atoms with Crippen LogP contribution in [0.15, 0.2) is 0 Å². The number of ether oxygens (including phenoxy) is 1. The highest BCUT2D eigenvalue weighted by Crippen LogP contribution is 2.24. The predicted molar refractivity (Wildman–Crippen MR) is 85.5 cm³/mol. The van der Waals surface area contributed by atoms with Gasteiger partial charge in [0.05, 0.1) is 23.7 Å². The zero-order valence-corrected chi connectivity index (χ0v) is 14.3. The van der Waals surface area contributed by atoms with Crippen LogP contribution in [0.3, 0.4) is 0 Å². The van der Waals surface area contributed by atoms with Crippen LogP contribution in [0.5, 0.6) is 0 Å². The molecule has 0 aromatic rings. The normalized spacial score (nSPS) is 32.4. The summed E-state index contributed by atoms with van der Waals surface area (Å²) in [5, 5.41) is 5.79. The fourth-order valence-corrected chi connectivity index (χ4v) is 4.98. The van der Waals surface area contributed by atoms with Gasteiger partial charge in [0.15, 0.2) is 0 Å². The second-order valence-electron chi connectivity index (χ2n) is 6.78. The third-order valence-corrected chi connectivity index (χ3v) is 6.29. The molecule has 6 nitrogen and oxygen atoms in total. The Balaban J connectivity index is 1.62. The number of hydrogen-bond acceptors (Lipinski definition) is 4. The van der Waals surface area contributed by atoms with Crippen LogP contribution in [-0.2, 0) is 14.6 Å². The third kappa shape index (κ3) is 5.76. The van der Waals surface area contributed by atoms with Crippen molar-refractivity contribution >= 4 is 15.9 Å².